The molecule has 1 rings (SSSR count). The Bertz CT molecular complexity index is 389. The Labute approximate surface area is 110 Å². The van der Waals surface area contributed by atoms with E-state index in [9.17, 15) is 13.6 Å². The van der Waals surface area contributed by atoms with E-state index in [1.807, 2.05) is 0 Å². The van der Waals surface area contributed by atoms with Crippen LogP contribution in [0, 0.1) is 11.4 Å². The fourth-order valence-corrected chi connectivity index (χ4v) is 1.95. The monoisotopic (exact) mass is 277 g/mol. The van der Waals surface area contributed by atoms with Gasteiger partial charge in [0.05, 0.1) is 6.54 Å². The van der Waals surface area contributed by atoms with Gasteiger partial charge in [0, 0.05) is 18.9 Å². The number of piperidine rings is 1. The van der Waals surface area contributed by atoms with Crippen molar-refractivity contribution >= 4 is 6.09 Å². The van der Waals surface area contributed by atoms with Crippen LogP contribution in [0.1, 0.15) is 27.2 Å². The summed E-state index contributed by atoms with van der Waals surface area (Å²) >= 11 is 0. The van der Waals surface area contributed by atoms with Crippen LogP contribution in [-0.4, -0.2) is 42.2 Å². The number of carbonyl (C=O) groups excluding carboxylic acids is 1. The average molecular weight is 277 g/mol. The predicted octanol–water partition coefficient (Wildman–Crippen LogP) is 2.43. The second kappa shape index (κ2) is 5.61. The van der Waals surface area contributed by atoms with Crippen molar-refractivity contribution in [3.63, 3.8) is 0 Å². The van der Waals surface area contributed by atoms with Gasteiger partial charge in [0.25, 0.3) is 5.92 Å². The Hall–Kier alpha value is -1.56. The molecule has 0 aromatic rings. The minimum absolute atomic E-state index is 0.0123. The number of amides is 1. The Balaban J connectivity index is 2.72. The number of nitrogens with zero attached hydrogens (tertiary/aromatic N) is 3. The van der Waals surface area contributed by atoms with Gasteiger partial charge in [0.15, 0.2) is 0 Å². The van der Waals surface area contributed by atoms with Gasteiger partial charge in [-0.3, -0.25) is 0 Å². The molecule has 19 heavy (non-hydrogen) atoms. The highest BCUT2D eigenvalue weighted by Crippen LogP contribution is 2.31. The molecule has 1 unspecified atom stereocenters. The third-order valence-corrected chi connectivity index (χ3v) is 2.55. The van der Waals surface area contributed by atoms with Crippen LogP contribution in [0.25, 0.3) is 0 Å². The third kappa shape index (κ3) is 5.30. The maximum Gasteiger partial charge on any atom is 0.410 e. The molecule has 0 aliphatic carbocycles. The second-order valence-corrected chi connectivity index (χ2v) is 5.71. The van der Waals surface area contributed by atoms with E-state index in [0.717, 1.165) is 4.90 Å². The van der Waals surface area contributed by atoms with Crippen LogP contribution in [0.15, 0.2) is 5.11 Å². The van der Waals surface area contributed by atoms with Gasteiger partial charge < -0.3 is 9.64 Å². The predicted molar refractivity (Wildman–Crippen MR) is 63.0 cm³/mol. The van der Waals surface area contributed by atoms with Crippen LogP contribution in [0.2, 0.25) is 0 Å². The van der Waals surface area contributed by atoms with Crippen LogP contribution in [0.3, 0.4) is 0 Å². The van der Waals surface area contributed by atoms with Gasteiger partial charge in [-0.05, 0) is 20.8 Å². The number of likely N-dealkylation sites (tertiary alicyclic amines) is 1. The lowest BCUT2D eigenvalue weighted by Gasteiger charge is -2.37. The molecule has 1 aliphatic rings. The number of alkyl halides is 2. The summed E-state index contributed by atoms with van der Waals surface area (Å²) in [7, 11) is 0. The minimum Gasteiger partial charge on any atom is -0.444 e. The van der Waals surface area contributed by atoms with E-state index in [0.29, 0.717) is 0 Å². The van der Waals surface area contributed by atoms with Crippen molar-refractivity contribution < 1.29 is 18.3 Å². The number of hydrogen-bond donors (Lipinski definition) is 1. The van der Waals surface area contributed by atoms with Gasteiger partial charge in [-0.1, -0.05) is 0 Å². The summed E-state index contributed by atoms with van der Waals surface area (Å²) in [4.78, 5) is 15.6. The molecule has 1 fully saturated rings. The first-order valence-electron chi connectivity index (χ1n) is 6.02. The molecule has 1 heterocycles. The molecule has 0 aromatic carbocycles. The first-order valence-corrected chi connectivity index (χ1v) is 6.02. The van der Waals surface area contributed by atoms with E-state index in [-0.39, 0.29) is 19.5 Å². The van der Waals surface area contributed by atoms with Crippen molar-refractivity contribution in [1.29, 1.82) is 5.53 Å². The molecule has 1 atom stereocenters. The van der Waals surface area contributed by atoms with Gasteiger partial charge in [0.2, 0.25) is 4.91 Å². The third-order valence-electron chi connectivity index (χ3n) is 2.55. The average Bonchev–Trinajstić information content (AvgIpc) is 2.21. The van der Waals surface area contributed by atoms with E-state index < -0.39 is 30.1 Å². The summed E-state index contributed by atoms with van der Waals surface area (Å²) in [5, 5.41) is 3.41. The Morgan fingerprint density at radius 2 is 2.21 bits per heavy atom. The molecule has 0 aromatic heterocycles. The van der Waals surface area contributed by atoms with Crippen molar-refractivity contribution in [2.24, 2.45) is 11.0 Å². The van der Waals surface area contributed by atoms with Gasteiger partial charge in [-0.25, -0.2) is 13.6 Å². The summed E-state index contributed by atoms with van der Waals surface area (Å²) in [6, 6.07) is 0. The lowest BCUT2D eigenvalue weighted by atomic mass is 9.95. The molecule has 0 radical (unpaired) electrons. The Morgan fingerprint density at radius 3 is 2.74 bits per heavy atom. The number of rotatable bonds is 2. The first kappa shape index (κ1) is 15.5. The standard InChI is InChI=1S/C11H19F2N4O2/c1-10(2,3)19-9(18)17-6-8(5-15-16-14)4-11(12,13)7-17/h8,14H,4-7H2,1-3H3/q+1. The highest BCUT2D eigenvalue weighted by molar-refractivity contribution is 5.68. The zero-order chi connectivity index (χ0) is 14.7. The number of hydrogen-bond acceptors (Lipinski definition) is 4. The molecule has 108 valence electrons. The van der Waals surface area contributed by atoms with Crippen molar-refractivity contribution in [2.45, 2.75) is 38.7 Å². The smallest absolute Gasteiger partial charge is 0.410 e. The number of nitrogens with one attached hydrogen (secondary N) is 1. The van der Waals surface area contributed by atoms with Crippen LogP contribution in [0.5, 0.6) is 0 Å². The molecule has 0 saturated carbocycles. The van der Waals surface area contributed by atoms with Gasteiger partial charge in [0.1, 0.15) is 22.8 Å². The van der Waals surface area contributed by atoms with Gasteiger partial charge in [-0.2, -0.15) is 0 Å². The Kier molecular flexibility index (Phi) is 4.57. The lowest BCUT2D eigenvalue weighted by molar-refractivity contribution is -0.0853. The van der Waals surface area contributed by atoms with Crippen molar-refractivity contribution in [3.05, 3.63) is 0 Å². The molecule has 0 bridgehead atoms. The summed E-state index contributed by atoms with van der Waals surface area (Å²) in [5.41, 5.74) is 5.82. The zero-order valence-electron chi connectivity index (χ0n) is 11.3. The SMILES string of the molecule is CC(C)(C)OC(=O)N1CC(CN=[N+]=N)CC(F)(F)C1. The van der Waals surface area contributed by atoms with E-state index in [2.05, 4.69) is 10.0 Å². The Morgan fingerprint density at radius 1 is 1.58 bits per heavy atom. The molecule has 1 N–H and O–H groups in total. The van der Waals surface area contributed by atoms with Crippen molar-refractivity contribution in [1.82, 2.24) is 9.81 Å². The van der Waals surface area contributed by atoms with E-state index in [1.165, 1.54) is 0 Å². The highest BCUT2D eigenvalue weighted by atomic mass is 19.3. The molecule has 8 heteroatoms. The summed E-state index contributed by atoms with van der Waals surface area (Å²) in [6.45, 7) is 4.55. The molecular formula is C11H19F2N4O2+. The number of carbonyl (C=O) groups is 1. The van der Waals surface area contributed by atoms with E-state index in [4.69, 9.17) is 10.3 Å². The molecule has 1 amide bonds. The van der Waals surface area contributed by atoms with Crippen molar-refractivity contribution in [3.8, 4) is 0 Å². The molecule has 6 nitrogen and oxygen atoms in total. The lowest BCUT2D eigenvalue weighted by Crippen LogP contribution is -2.51. The molecule has 1 aliphatic heterocycles. The highest BCUT2D eigenvalue weighted by Gasteiger charge is 2.43. The largest absolute Gasteiger partial charge is 0.444 e. The summed E-state index contributed by atoms with van der Waals surface area (Å²) < 4.78 is 32.2. The molecular weight excluding hydrogens is 258 g/mol. The van der Waals surface area contributed by atoms with Crippen molar-refractivity contribution in [2.75, 3.05) is 19.6 Å². The van der Waals surface area contributed by atoms with E-state index >= 15 is 0 Å². The fourth-order valence-electron chi connectivity index (χ4n) is 1.95. The van der Waals surface area contributed by atoms with Crippen LogP contribution in [-0.2, 0) is 4.74 Å². The second-order valence-electron chi connectivity index (χ2n) is 5.71. The topological polar surface area (TPSA) is 79.8 Å². The maximum absolute atomic E-state index is 13.6. The summed E-state index contributed by atoms with van der Waals surface area (Å²) in [6.07, 6.45) is -1.11. The van der Waals surface area contributed by atoms with Gasteiger partial charge >= 0.3 is 6.09 Å². The van der Waals surface area contributed by atoms with Crippen LogP contribution < -0.4 is 4.91 Å². The van der Waals surface area contributed by atoms with E-state index in [1.54, 1.807) is 20.8 Å². The van der Waals surface area contributed by atoms with Gasteiger partial charge in [-0.15, -0.1) is 0 Å². The zero-order valence-corrected chi connectivity index (χ0v) is 11.3. The summed E-state index contributed by atoms with van der Waals surface area (Å²) in [5.74, 6) is -3.47. The number of halogens is 2. The fraction of sp³-hybridized carbons (Fsp3) is 0.909. The molecule has 0 spiro atoms. The molecule has 1 saturated heterocycles. The maximum atomic E-state index is 13.6. The number of ether oxygens (including phenoxy) is 1. The first-order chi connectivity index (χ1) is 8.63. The quantitative estimate of drug-likeness (QED) is 0.621. The minimum atomic E-state index is -2.96. The van der Waals surface area contributed by atoms with Crippen LogP contribution >= 0.6 is 0 Å². The normalized spacial score (nSPS) is 22.6. The van der Waals surface area contributed by atoms with Crippen LogP contribution in [0.4, 0.5) is 13.6 Å².